The molecule has 3 unspecified atom stereocenters. The molecule has 0 radical (unpaired) electrons. The summed E-state index contributed by atoms with van der Waals surface area (Å²) in [6.07, 6.45) is 0.109. The Bertz CT molecular complexity index is 402. The summed E-state index contributed by atoms with van der Waals surface area (Å²) in [5.74, 6) is 0. The number of aryl methyl sites for hydroxylation is 1. The number of aromatic nitrogens is 1. The number of nitrogens with zero attached hydrogens (tertiary/aromatic N) is 1. The number of pyridine rings is 1. The molecular weight excluding hydrogens is 262 g/mol. The van der Waals surface area contributed by atoms with Crippen LogP contribution in [0.2, 0.25) is 0 Å². The summed E-state index contributed by atoms with van der Waals surface area (Å²) in [5, 5.41) is 38.7. The summed E-state index contributed by atoms with van der Waals surface area (Å²) in [6, 6.07) is 3.78. The third-order valence-electron chi connectivity index (χ3n) is 3.60. The Morgan fingerprint density at radius 3 is 2.80 bits per heavy atom. The van der Waals surface area contributed by atoms with Gasteiger partial charge in [-0.3, -0.25) is 4.98 Å². The zero-order chi connectivity index (χ0) is 14.5. The molecule has 0 aromatic carbocycles. The van der Waals surface area contributed by atoms with Crippen LogP contribution in [0.15, 0.2) is 24.5 Å². The lowest BCUT2D eigenvalue weighted by molar-refractivity contribution is -0.193. The van der Waals surface area contributed by atoms with Crippen LogP contribution < -0.4 is 0 Å². The van der Waals surface area contributed by atoms with E-state index in [1.807, 2.05) is 12.1 Å². The molecule has 2 rings (SSSR count). The summed E-state index contributed by atoms with van der Waals surface area (Å²) < 4.78 is 5.26. The van der Waals surface area contributed by atoms with Gasteiger partial charge in [0.2, 0.25) is 0 Å². The highest BCUT2D eigenvalue weighted by atomic mass is 16.5. The molecule has 1 fully saturated rings. The van der Waals surface area contributed by atoms with Crippen LogP contribution in [0.4, 0.5) is 0 Å². The number of ether oxygens (including phenoxy) is 1. The van der Waals surface area contributed by atoms with E-state index in [0.29, 0.717) is 12.8 Å². The van der Waals surface area contributed by atoms with Gasteiger partial charge in [-0.05, 0) is 24.5 Å². The van der Waals surface area contributed by atoms with Gasteiger partial charge in [0.1, 0.15) is 18.3 Å². The molecule has 4 N–H and O–H groups in total. The smallest absolute Gasteiger partial charge is 0.111 e. The van der Waals surface area contributed by atoms with Crippen molar-refractivity contribution in [3.05, 3.63) is 30.1 Å². The van der Waals surface area contributed by atoms with Crippen LogP contribution >= 0.6 is 0 Å². The maximum absolute atomic E-state index is 9.98. The van der Waals surface area contributed by atoms with Crippen molar-refractivity contribution in [2.24, 2.45) is 0 Å². The largest absolute Gasteiger partial charge is 0.393 e. The minimum absolute atomic E-state index is 0.0295. The maximum Gasteiger partial charge on any atom is 0.111 e. The quantitative estimate of drug-likeness (QED) is 0.567. The van der Waals surface area contributed by atoms with Gasteiger partial charge >= 0.3 is 0 Å². The van der Waals surface area contributed by atoms with E-state index < -0.39 is 30.5 Å². The summed E-state index contributed by atoms with van der Waals surface area (Å²) in [7, 11) is 0. The van der Waals surface area contributed by atoms with E-state index in [1.54, 1.807) is 12.4 Å². The minimum atomic E-state index is -1.22. The summed E-state index contributed by atoms with van der Waals surface area (Å²) in [5.41, 5.74) is 1.03. The molecule has 1 aromatic heterocycles. The summed E-state index contributed by atoms with van der Waals surface area (Å²) in [6.45, 7) is -0.0295. The fraction of sp³-hybridized carbons (Fsp3) is 0.643. The number of aliphatic hydroxyl groups excluding tert-OH is 4. The molecule has 0 spiro atoms. The second-order valence-electron chi connectivity index (χ2n) is 5.21. The molecule has 0 aliphatic carbocycles. The Morgan fingerprint density at radius 1 is 1.30 bits per heavy atom. The van der Waals surface area contributed by atoms with Crippen molar-refractivity contribution in [3.8, 4) is 0 Å². The number of hydrogen-bond donors (Lipinski definition) is 4. The molecule has 1 aromatic rings. The monoisotopic (exact) mass is 283 g/mol. The highest BCUT2D eigenvalue weighted by molar-refractivity contribution is 5.08. The SMILES string of the molecule is OC(CCc1cccnc1)CC1OC[C@@H](O)C(O)[C@H]1O. The van der Waals surface area contributed by atoms with Crippen molar-refractivity contribution in [1.82, 2.24) is 4.98 Å². The van der Waals surface area contributed by atoms with Crippen molar-refractivity contribution in [3.63, 3.8) is 0 Å². The Kier molecular flexibility index (Phi) is 5.45. The molecule has 6 heteroatoms. The molecule has 20 heavy (non-hydrogen) atoms. The third-order valence-corrected chi connectivity index (χ3v) is 3.60. The molecule has 1 aliphatic heterocycles. The van der Waals surface area contributed by atoms with E-state index >= 15 is 0 Å². The zero-order valence-electron chi connectivity index (χ0n) is 11.2. The topological polar surface area (TPSA) is 103 Å². The Morgan fingerprint density at radius 2 is 2.10 bits per heavy atom. The van der Waals surface area contributed by atoms with Gasteiger partial charge < -0.3 is 25.2 Å². The maximum atomic E-state index is 9.98. The molecule has 1 aliphatic rings. The van der Waals surface area contributed by atoms with Crippen molar-refractivity contribution in [2.45, 2.75) is 49.8 Å². The van der Waals surface area contributed by atoms with Crippen LogP contribution in [0.3, 0.4) is 0 Å². The summed E-state index contributed by atoms with van der Waals surface area (Å²) >= 11 is 0. The average Bonchev–Trinajstić information content (AvgIpc) is 2.47. The molecule has 1 saturated heterocycles. The lowest BCUT2D eigenvalue weighted by Gasteiger charge is -2.36. The van der Waals surface area contributed by atoms with Gasteiger partial charge in [-0.25, -0.2) is 0 Å². The molecule has 2 heterocycles. The fourth-order valence-corrected chi connectivity index (χ4v) is 2.34. The van der Waals surface area contributed by atoms with Crippen LogP contribution in [0.1, 0.15) is 18.4 Å². The van der Waals surface area contributed by atoms with Crippen LogP contribution in [0.5, 0.6) is 0 Å². The lowest BCUT2D eigenvalue weighted by Crippen LogP contribution is -2.53. The van der Waals surface area contributed by atoms with Crippen LogP contribution in [0, 0.1) is 0 Å². The molecular formula is C14H21NO5. The minimum Gasteiger partial charge on any atom is -0.393 e. The first-order valence-corrected chi connectivity index (χ1v) is 6.80. The van der Waals surface area contributed by atoms with E-state index in [-0.39, 0.29) is 13.0 Å². The first-order valence-electron chi connectivity index (χ1n) is 6.80. The zero-order valence-corrected chi connectivity index (χ0v) is 11.2. The van der Waals surface area contributed by atoms with Crippen molar-refractivity contribution >= 4 is 0 Å². The van der Waals surface area contributed by atoms with Gasteiger partial charge in [-0.2, -0.15) is 0 Å². The van der Waals surface area contributed by atoms with Crippen molar-refractivity contribution in [1.29, 1.82) is 0 Å². The number of rotatable bonds is 5. The van der Waals surface area contributed by atoms with E-state index in [2.05, 4.69) is 4.98 Å². The second-order valence-corrected chi connectivity index (χ2v) is 5.21. The van der Waals surface area contributed by atoms with Gasteiger partial charge in [0, 0.05) is 18.8 Å². The van der Waals surface area contributed by atoms with Crippen molar-refractivity contribution in [2.75, 3.05) is 6.61 Å². The molecule has 112 valence electrons. The first kappa shape index (κ1) is 15.3. The van der Waals surface area contributed by atoms with Gasteiger partial charge in [0.15, 0.2) is 0 Å². The van der Waals surface area contributed by atoms with Gasteiger partial charge in [0.25, 0.3) is 0 Å². The lowest BCUT2D eigenvalue weighted by atomic mass is 9.94. The molecule has 0 amide bonds. The molecule has 0 saturated carbocycles. The van der Waals surface area contributed by atoms with E-state index in [9.17, 15) is 20.4 Å². The standard InChI is InChI=1S/C14H21NO5/c16-10(4-3-9-2-1-5-15-7-9)6-12-14(19)13(18)11(17)8-20-12/h1-2,5,7,10-14,16-19H,3-4,6,8H2/t10?,11-,12?,13?,14+/m1/s1. The molecule has 5 atom stereocenters. The van der Waals surface area contributed by atoms with Crippen LogP contribution in [-0.2, 0) is 11.2 Å². The number of hydrogen-bond acceptors (Lipinski definition) is 6. The van der Waals surface area contributed by atoms with E-state index in [4.69, 9.17) is 4.74 Å². The number of aliphatic hydroxyl groups is 4. The predicted molar refractivity (Wildman–Crippen MR) is 70.9 cm³/mol. The van der Waals surface area contributed by atoms with Crippen molar-refractivity contribution < 1.29 is 25.2 Å². The predicted octanol–water partition coefficient (Wildman–Crippen LogP) is -0.753. The summed E-state index contributed by atoms with van der Waals surface area (Å²) in [4.78, 5) is 4.00. The van der Waals surface area contributed by atoms with Crippen LogP contribution in [0.25, 0.3) is 0 Å². The van der Waals surface area contributed by atoms with Gasteiger partial charge in [-0.15, -0.1) is 0 Å². The molecule has 0 bridgehead atoms. The third kappa shape index (κ3) is 3.97. The van der Waals surface area contributed by atoms with Crippen LogP contribution in [-0.4, -0.2) is 62.5 Å². The Labute approximate surface area is 117 Å². The van der Waals surface area contributed by atoms with Gasteiger partial charge in [-0.1, -0.05) is 6.07 Å². The van der Waals surface area contributed by atoms with E-state index in [0.717, 1.165) is 5.56 Å². The Balaban J connectivity index is 1.78. The average molecular weight is 283 g/mol. The first-order chi connectivity index (χ1) is 9.58. The molecule has 6 nitrogen and oxygen atoms in total. The Hall–Kier alpha value is -1.05. The fourth-order valence-electron chi connectivity index (χ4n) is 2.34. The van der Waals surface area contributed by atoms with E-state index in [1.165, 1.54) is 0 Å². The highest BCUT2D eigenvalue weighted by Crippen LogP contribution is 2.20. The second kappa shape index (κ2) is 7.10. The van der Waals surface area contributed by atoms with Gasteiger partial charge in [0.05, 0.1) is 18.8 Å². The highest BCUT2D eigenvalue weighted by Gasteiger charge is 2.38. The normalized spacial score (nSPS) is 32.0.